The second kappa shape index (κ2) is 5.71. The normalized spacial score (nSPS) is 16.3. The van der Waals surface area contributed by atoms with Crippen LogP contribution in [0.3, 0.4) is 0 Å². The van der Waals surface area contributed by atoms with Crippen LogP contribution in [0.2, 0.25) is 0 Å². The molecular weight excluding hydrogens is 298 g/mol. The molecule has 5 heteroatoms. The summed E-state index contributed by atoms with van der Waals surface area (Å²) in [5.41, 5.74) is 6.65. The Bertz CT molecular complexity index is 446. The van der Waals surface area contributed by atoms with E-state index in [1.807, 2.05) is 18.2 Å². The van der Waals surface area contributed by atoms with Gasteiger partial charge in [-0.2, -0.15) is 0 Å². The van der Waals surface area contributed by atoms with Crippen LogP contribution in [0.15, 0.2) is 22.7 Å². The Labute approximate surface area is 114 Å². The Morgan fingerprint density at radius 1 is 1.56 bits per heavy atom. The molecule has 1 aliphatic rings. The van der Waals surface area contributed by atoms with Crippen molar-refractivity contribution in [1.82, 2.24) is 0 Å². The van der Waals surface area contributed by atoms with Crippen LogP contribution >= 0.6 is 15.9 Å². The molecule has 1 atom stereocenters. The van der Waals surface area contributed by atoms with Crippen molar-refractivity contribution in [2.45, 2.75) is 25.3 Å². The third-order valence-electron chi connectivity index (χ3n) is 2.94. The van der Waals surface area contributed by atoms with E-state index < -0.39 is 12.0 Å². The smallest absolute Gasteiger partial charge is 0.305 e. The SMILES string of the molecule is NC(CC(=O)O)c1cc(Br)ccc1OCC1CC1. The zero-order valence-electron chi connectivity index (χ0n) is 9.93. The van der Waals surface area contributed by atoms with Gasteiger partial charge >= 0.3 is 5.97 Å². The van der Waals surface area contributed by atoms with Crippen molar-refractivity contribution in [2.24, 2.45) is 11.7 Å². The first kappa shape index (κ1) is 13.4. The molecule has 2 rings (SSSR count). The summed E-state index contributed by atoms with van der Waals surface area (Å²) in [6.45, 7) is 0.689. The average Bonchev–Trinajstić information content (AvgIpc) is 3.10. The lowest BCUT2D eigenvalue weighted by molar-refractivity contribution is -0.137. The molecule has 1 aromatic rings. The average molecular weight is 314 g/mol. The molecule has 1 saturated carbocycles. The molecule has 0 spiro atoms. The first-order valence-corrected chi connectivity index (χ1v) is 6.75. The second-order valence-electron chi connectivity index (χ2n) is 4.64. The zero-order chi connectivity index (χ0) is 13.1. The fraction of sp³-hybridized carbons (Fsp3) is 0.462. The van der Waals surface area contributed by atoms with Gasteiger partial charge < -0.3 is 15.6 Å². The summed E-state index contributed by atoms with van der Waals surface area (Å²) >= 11 is 3.36. The van der Waals surface area contributed by atoms with Crippen LogP contribution in [0, 0.1) is 5.92 Å². The largest absolute Gasteiger partial charge is 0.493 e. The summed E-state index contributed by atoms with van der Waals surface area (Å²) in [4.78, 5) is 10.7. The van der Waals surface area contributed by atoms with Gasteiger partial charge in [-0.15, -0.1) is 0 Å². The molecule has 0 saturated heterocycles. The van der Waals surface area contributed by atoms with E-state index in [0.29, 0.717) is 18.3 Å². The number of carboxylic acids is 1. The summed E-state index contributed by atoms with van der Waals surface area (Å²) < 4.78 is 6.60. The quantitative estimate of drug-likeness (QED) is 0.847. The van der Waals surface area contributed by atoms with Crippen LogP contribution in [-0.4, -0.2) is 17.7 Å². The number of hydrogen-bond acceptors (Lipinski definition) is 3. The Hall–Kier alpha value is -1.07. The van der Waals surface area contributed by atoms with Crippen LogP contribution in [0.5, 0.6) is 5.75 Å². The molecule has 1 aliphatic carbocycles. The molecule has 0 aromatic heterocycles. The lowest BCUT2D eigenvalue weighted by Crippen LogP contribution is -2.16. The van der Waals surface area contributed by atoms with Crippen molar-refractivity contribution in [3.8, 4) is 5.75 Å². The molecule has 0 radical (unpaired) electrons. The van der Waals surface area contributed by atoms with E-state index >= 15 is 0 Å². The fourth-order valence-electron chi connectivity index (χ4n) is 1.73. The van der Waals surface area contributed by atoms with Gasteiger partial charge in [-0.1, -0.05) is 15.9 Å². The van der Waals surface area contributed by atoms with E-state index in [-0.39, 0.29) is 6.42 Å². The maximum atomic E-state index is 10.7. The number of aliphatic carboxylic acids is 1. The highest BCUT2D eigenvalue weighted by atomic mass is 79.9. The van der Waals surface area contributed by atoms with Gasteiger partial charge in [0, 0.05) is 16.1 Å². The molecule has 1 fully saturated rings. The number of rotatable bonds is 6. The minimum atomic E-state index is -0.907. The maximum absolute atomic E-state index is 10.7. The van der Waals surface area contributed by atoms with Crippen molar-refractivity contribution in [3.63, 3.8) is 0 Å². The second-order valence-corrected chi connectivity index (χ2v) is 5.56. The minimum absolute atomic E-state index is 0.101. The first-order valence-electron chi connectivity index (χ1n) is 5.96. The van der Waals surface area contributed by atoms with Crippen LogP contribution in [-0.2, 0) is 4.79 Å². The summed E-state index contributed by atoms with van der Waals surface area (Å²) in [5.74, 6) is 0.437. The van der Waals surface area contributed by atoms with Crippen molar-refractivity contribution >= 4 is 21.9 Å². The number of hydrogen-bond donors (Lipinski definition) is 2. The van der Waals surface area contributed by atoms with E-state index in [1.165, 1.54) is 12.8 Å². The van der Waals surface area contributed by atoms with E-state index in [1.54, 1.807) is 0 Å². The number of benzene rings is 1. The molecule has 1 aromatic carbocycles. The molecule has 0 bridgehead atoms. The molecule has 0 amide bonds. The van der Waals surface area contributed by atoms with Gasteiger partial charge in [-0.3, -0.25) is 4.79 Å². The maximum Gasteiger partial charge on any atom is 0.305 e. The molecule has 1 unspecified atom stereocenters. The van der Waals surface area contributed by atoms with Crippen LogP contribution in [0.25, 0.3) is 0 Å². The predicted molar refractivity (Wildman–Crippen MR) is 71.5 cm³/mol. The lowest BCUT2D eigenvalue weighted by atomic mass is 10.0. The minimum Gasteiger partial charge on any atom is -0.493 e. The van der Waals surface area contributed by atoms with Gasteiger partial charge in [0.2, 0.25) is 0 Å². The zero-order valence-corrected chi connectivity index (χ0v) is 11.5. The number of carboxylic acid groups (broad SMARTS) is 1. The molecular formula is C13H16BrNO3. The van der Waals surface area contributed by atoms with E-state index in [4.69, 9.17) is 15.6 Å². The van der Waals surface area contributed by atoms with Gasteiger partial charge in [-0.25, -0.2) is 0 Å². The van der Waals surface area contributed by atoms with Gasteiger partial charge in [0.15, 0.2) is 0 Å². The number of carbonyl (C=O) groups is 1. The molecule has 0 aliphatic heterocycles. The third-order valence-corrected chi connectivity index (χ3v) is 3.43. The first-order chi connectivity index (χ1) is 8.56. The Morgan fingerprint density at radius 3 is 2.89 bits per heavy atom. The topological polar surface area (TPSA) is 72.6 Å². The van der Waals surface area contributed by atoms with Crippen LogP contribution in [0.1, 0.15) is 30.9 Å². The number of ether oxygens (including phenoxy) is 1. The van der Waals surface area contributed by atoms with E-state index in [9.17, 15) is 4.79 Å². The fourth-order valence-corrected chi connectivity index (χ4v) is 2.11. The van der Waals surface area contributed by atoms with Gasteiger partial charge in [-0.05, 0) is 37.0 Å². The number of nitrogens with two attached hydrogens (primary N) is 1. The Balaban J connectivity index is 2.12. The number of halogens is 1. The van der Waals surface area contributed by atoms with Gasteiger partial charge in [0.1, 0.15) is 5.75 Å². The van der Waals surface area contributed by atoms with Gasteiger partial charge in [0.25, 0.3) is 0 Å². The van der Waals surface area contributed by atoms with E-state index in [2.05, 4.69) is 15.9 Å². The highest BCUT2D eigenvalue weighted by Gasteiger charge is 2.23. The van der Waals surface area contributed by atoms with Gasteiger partial charge in [0.05, 0.1) is 13.0 Å². The van der Waals surface area contributed by atoms with E-state index in [0.717, 1.165) is 10.0 Å². The van der Waals surface area contributed by atoms with Crippen molar-refractivity contribution in [2.75, 3.05) is 6.61 Å². The standard InChI is InChI=1S/C13H16BrNO3/c14-9-3-4-12(18-7-8-1-2-8)10(5-9)11(15)6-13(16)17/h3-5,8,11H,1-2,6-7,15H2,(H,16,17). The predicted octanol–water partition coefficient (Wildman–Crippen LogP) is 2.71. The summed E-state index contributed by atoms with van der Waals surface area (Å²) in [5, 5.41) is 8.80. The highest BCUT2D eigenvalue weighted by Crippen LogP contribution is 2.33. The summed E-state index contributed by atoms with van der Waals surface area (Å²) in [6.07, 6.45) is 2.33. The lowest BCUT2D eigenvalue weighted by Gasteiger charge is -2.16. The molecule has 0 heterocycles. The summed E-state index contributed by atoms with van der Waals surface area (Å²) in [6, 6.07) is 4.99. The molecule has 18 heavy (non-hydrogen) atoms. The highest BCUT2D eigenvalue weighted by molar-refractivity contribution is 9.10. The molecule has 98 valence electrons. The molecule has 3 N–H and O–H groups in total. The third kappa shape index (κ3) is 3.71. The molecule has 4 nitrogen and oxygen atoms in total. The van der Waals surface area contributed by atoms with Crippen LogP contribution in [0.4, 0.5) is 0 Å². The Morgan fingerprint density at radius 2 is 2.28 bits per heavy atom. The van der Waals surface area contributed by atoms with Crippen molar-refractivity contribution < 1.29 is 14.6 Å². The van der Waals surface area contributed by atoms with Crippen molar-refractivity contribution in [1.29, 1.82) is 0 Å². The Kier molecular flexibility index (Phi) is 4.24. The van der Waals surface area contributed by atoms with Crippen molar-refractivity contribution in [3.05, 3.63) is 28.2 Å². The monoisotopic (exact) mass is 313 g/mol. The summed E-state index contributed by atoms with van der Waals surface area (Å²) in [7, 11) is 0. The van der Waals surface area contributed by atoms with Crippen LogP contribution < -0.4 is 10.5 Å².